The van der Waals surface area contributed by atoms with Crippen molar-refractivity contribution in [3.8, 4) is 0 Å². The molecule has 0 spiro atoms. The average Bonchev–Trinajstić information content (AvgIpc) is 2.47. The summed E-state index contributed by atoms with van der Waals surface area (Å²) in [7, 11) is 0. The standard InChI is InChI=1S/C14H14Cl2N2O4/c15-11-4-2-1-3-9(11)7-22-8-10(19)5-18-6-12(16)13(20)17-14(18)21/h1-4,6,10,19H,5,7-8H2,(H,17,20,21)/t10-/m1/s1. The number of aliphatic hydroxyl groups excluding tert-OH is 1. The van der Waals surface area contributed by atoms with Crippen molar-refractivity contribution < 1.29 is 9.84 Å². The second-order valence-corrected chi connectivity index (χ2v) is 5.46. The highest BCUT2D eigenvalue weighted by molar-refractivity contribution is 6.31. The number of benzene rings is 1. The van der Waals surface area contributed by atoms with E-state index in [1.165, 1.54) is 6.20 Å². The third kappa shape index (κ3) is 4.45. The molecule has 2 N–H and O–H groups in total. The molecule has 0 aliphatic carbocycles. The van der Waals surface area contributed by atoms with Gasteiger partial charge in [-0.3, -0.25) is 14.3 Å². The monoisotopic (exact) mass is 344 g/mol. The smallest absolute Gasteiger partial charge is 0.328 e. The first-order valence-electron chi connectivity index (χ1n) is 6.46. The Morgan fingerprint density at radius 1 is 1.23 bits per heavy atom. The van der Waals surface area contributed by atoms with E-state index in [2.05, 4.69) is 4.98 Å². The quantitative estimate of drug-likeness (QED) is 0.829. The van der Waals surface area contributed by atoms with Crippen LogP contribution >= 0.6 is 23.2 Å². The predicted octanol–water partition coefficient (Wildman–Crippen LogP) is 1.42. The minimum absolute atomic E-state index is 0.00834. The third-order valence-corrected chi connectivity index (χ3v) is 3.54. The molecule has 8 heteroatoms. The zero-order valence-electron chi connectivity index (χ0n) is 11.5. The predicted molar refractivity (Wildman–Crippen MR) is 83.4 cm³/mol. The van der Waals surface area contributed by atoms with E-state index in [1.54, 1.807) is 6.07 Å². The molecule has 118 valence electrons. The molecule has 0 saturated heterocycles. The van der Waals surface area contributed by atoms with Gasteiger partial charge < -0.3 is 9.84 Å². The molecule has 0 aliphatic heterocycles. The van der Waals surface area contributed by atoms with Gasteiger partial charge in [0.05, 0.1) is 25.9 Å². The maximum Gasteiger partial charge on any atom is 0.328 e. The van der Waals surface area contributed by atoms with Crippen LogP contribution in [0.5, 0.6) is 0 Å². The fourth-order valence-electron chi connectivity index (χ4n) is 1.82. The summed E-state index contributed by atoms with van der Waals surface area (Å²) in [6.45, 7) is 0.213. The topological polar surface area (TPSA) is 84.3 Å². The van der Waals surface area contributed by atoms with E-state index >= 15 is 0 Å². The largest absolute Gasteiger partial charge is 0.389 e. The molecule has 2 rings (SSSR count). The van der Waals surface area contributed by atoms with Gasteiger partial charge in [-0.1, -0.05) is 41.4 Å². The van der Waals surface area contributed by atoms with Crippen molar-refractivity contribution in [1.29, 1.82) is 0 Å². The van der Waals surface area contributed by atoms with E-state index in [0.717, 1.165) is 10.1 Å². The van der Waals surface area contributed by atoms with Crippen LogP contribution in [0.25, 0.3) is 0 Å². The molecule has 0 bridgehead atoms. The second-order valence-electron chi connectivity index (χ2n) is 4.65. The Labute approximate surface area is 135 Å². The molecule has 1 heterocycles. The van der Waals surface area contributed by atoms with Gasteiger partial charge in [0.15, 0.2) is 0 Å². The molecule has 0 aliphatic rings. The third-order valence-electron chi connectivity index (χ3n) is 2.90. The van der Waals surface area contributed by atoms with Crippen LogP contribution in [0.1, 0.15) is 5.56 Å². The highest BCUT2D eigenvalue weighted by Gasteiger charge is 2.09. The summed E-state index contributed by atoms with van der Waals surface area (Å²) in [6, 6.07) is 7.22. The normalized spacial score (nSPS) is 12.3. The van der Waals surface area contributed by atoms with Crippen molar-refractivity contribution in [3.63, 3.8) is 0 Å². The van der Waals surface area contributed by atoms with Crippen molar-refractivity contribution in [2.24, 2.45) is 0 Å². The van der Waals surface area contributed by atoms with Gasteiger partial charge in [-0.2, -0.15) is 0 Å². The SMILES string of the molecule is O=c1[nH]c(=O)n(C[C@@H](O)COCc2ccccc2Cl)cc1Cl. The number of aliphatic hydroxyl groups is 1. The van der Waals surface area contributed by atoms with Gasteiger partial charge >= 0.3 is 5.69 Å². The molecule has 0 radical (unpaired) electrons. The Kier molecular flexibility index (Phi) is 5.79. The van der Waals surface area contributed by atoms with Crippen molar-refractivity contribution in [1.82, 2.24) is 9.55 Å². The van der Waals surface area contributed by atoms with Crippen molar-refractivity contribution in [2.45, 2.75) is 19.3 Å². The first-order chi connectivity index (χ1) is 10.5. The lowest BCUT2D eigenvalue weighted by Gasteiger charge is -2.13. The molecule has 1 atom stereocenters. The molecular formula is C14H14Cl2N2O4. The maximum absolute atomic E-state index is 11.5. The molecule has 0 unspecified atom stereocenters. The van der Waals surface area contributed by atoms with Gasteiger partial charge in [0.25, 0.3) is 5.56 Å². The zero-order valence-corrected chi connectivity index (χ0v) is 13.0. The summed E-state index contributed by atoms with van der Waals surface area (Å²) in [6.07, 6.45) is 0.252. The van der Waals surface area contributed by atoms with Gasteiger partial charge in [-0.15, -0.1) is 0 Å². The van der Waals surface area contributed by atoms with E-state index in [0.29, 0.717) is 5.02 Å². The van der Waals surface area contributed by atoms with Crippen molar-refractivity contribution in [3.05, 3.63) is 66.9 Å². The summed E-state index contributed by atoms with van der Waals surface area (Å²) >= 11 is 11.6. The van der Waals surface area contributed by atoms with Crippen molar-refractivity contribution in [2.75, 3.05) is 6.61 Å². The molecule has 22 heavy (non-hydrogen) atoms. The fourth-order valence-corrected chi connectivity index (χ4v) is 2.17. The Morgan fingerprint density at radius 3 is 2.68 bits per heavy atom. The van der Waals surface area contributed by atoms with Crippen LogP contribution in [0.15, 0.2) is 40.1 Å². The van der Waals surface area contributed by atoms with E-state index in [9.17, 15) is 14.7 Å². The molecule has 0 fully saturated rings. The molecule has 1 aromatic carbocycles. The number of nitrogens with zero attached hydrogens (tertiary/aromatic N) is 1. The molecule has 2 aromatic rings. The fraction of sp³-hybridized carbons (Fsp3) is 0.286. The molecule has 1 aromatic heterocycles. The Balaban J connectivity index is 1.90. The minimum Gasteiger partial charge on any atom is -0.389 e. The van der Waals surface area contributed by atoms with Crippen LogP contribution in [0.2, 0.25) is 10.0 Å². The van der Waals surface area contributed by atoms with E-state index in [-0.39, 0.29) is 24.8 Å². The van der Waals surface area contributed by atoms with Crippen LogP contribution < -0.4 is 11.2 Å². The number of aromatic amines is 1. The number of nitrogens with one attached hydrogen (secondary N) is 1. The number of aromatic nitrogens is 2. The molecule has 0 amide bonds. The number of halogens is 2. The van der Waals surface area contributed by atoms with Crippen LogP contribution in [0.3, 0.4) is 0 Å². The Hall–Kier alpha value is -1.60. The van der Waals surface area contributed by atoms with Crippen LogP contribution in [0, 0.1) is 0 Å². The van der Waals surface area contributed by atoms with Gasteiger partial charge in [0.1, 0.15) is 5.02 Å². The van der Waals surface area contributed by atoms with Gasteiger partial charge in [-0.25, -0.2) is 4.79 Å². The highest BCUT2D eigenvalue weighted by Crippen LogP contribution is 2.15. The number of hydrogen-bond donors (Lipinski definition) is 2. The van der Waals surface area contributed by atoms with Gasteiger partial charge in [-0.05, 0) is 11.6 Å². The summed E-state index contributed by atoms with van der Waals surface area (Å²) in [4.78, 5) is 24.7. The number of hydrogen-bond acceptors (Lipinski definition) is 4. The van der Waals surface area contributed by atoms with E-state index in [4.69, 9.17) is 27.9 Å². The molecular weight excluding hydrogens is 331 g/mol. The first-order valence-corrected chi connectivity index (χ1v) is 7.21. The average molecular weight is 345 g/mol. The van der Waals surface area contributed by atoms with Crippen LogP contribution in [-0.2, 0) is 17.9 Å². The van der Waals surface area contributed by atoms with Crippen molar-refractivity contribution >= 4 is 23.2 Å². The van der Waals surface area contributed by atoms with Gasteiger partial charge in [0, 0.05) is 11.2 Å². The Morgan fingerprint density at radius 2 is 1.95 bits per heavy atom. The molecule has 6 nitrogen and oxygen atoms in total. The Bertz CT molecular complexity index is 757. The maximum atomic E-state index is 11.5. The highest BCUT2D eigenvalue weighted by atomic mass is 35.5. The second kappa shape index (κ2) is 7.60. The lowest BCUT2D eigenvalue weighted by molar-refractivity contribution is 0.0197. The number of ether oxygens (including phenoxy) is 1. The molecule has 0 saturated carbocycles. The lowest BCUT2D eigenvalue weighted by atomic mass is 10.2. The van der Waals surface area contributed by atoms with Crippen LogP contribution in [0.4, 0.5) is 0 Å². The summed E-state index contributed by atoms with van der Waals surface area (Å²) in [5.41, 5.74) is -0.493. The lowest BCUT2D eigenvalue weighted by Crippen LogP contribution is -2.34. The summed E-state index contributed by atoms with van der Waals surface area (Å²) < 4.78 is 6.49. The number of H-pyrrole nitrogens is 1. The van der Waals surface area contributed by atoms with E-state index < -0.39 is 17.4 Å². The van der Waals surface area contributed by atoms with Gasteiger partial charge in [0.2, 0.25) is 0 Å². The first kappa shape index (κ1) is 16.8. The summed E-state index contributed by atoms with van der Waals surface area (Å²) in [5, 5.41) is 10.3. The minimum atomic E-state index is -0.929. The number of rotatable bonds is 6. The summed E-state index contributed by atoms with van der Waals surface area (Å²) in [5.74, 6) is 0. The zero-order chi connectivity index (χ0) is 16.1. The van der Waals surface area contributed by atoms with E-state index in [1.807, 2.05) is 18.2 Å². The van der Waals surface area contributed by atoms with Crippen LogP contribution in [-0.4, -0.2) is 27.4 Å².